The SMILES string of the molecule is [B]c1ccc2c(c1)C1(C3=CCCC=C3O2)c2ccccc2-c2ccccc21. The monoisotopic (exact) mass is 344 g/mol. The van der Waals surface area contributed by atoms with E-state index in [1.54, 1.807) is 0 Å². The van der Waals surface area contributed by atoms with Crippen molar-refractivity contribution in [3.63, 3.8) is 0 Å². The van der Waals surface area contributed by atoms with Crippen LogP contribution in [0.15, 0.2) is 90.2 Å². The normalized spacial score (nSPS) is 17.8. The Kier molecular flexibility index (Phi) is 2.94. The van der Waals surface area contributed by atoms with Gasteiger partial charge in [-0.05, 0) is 47.2 Å². The molecule has 2 heteroatoms. The molecule has 0 atom stereocenters. The van der Waals surface area contributed by atoms with Crippen molar-refractivity contribution in [3.8, 4) is 16.9 Å². The maximum absolute atomic E-state index is 6.34. The molecule has 0 saturated carbocycles. The lowest BCUT2D eigenvalue weighted by atomic mass is 9.63. The molecule has 0 aromatic heterocycles. The summed E-state index contributed by atoms with van der Waals surface area (Å²) in [4.78, 5) is 0. The van der Waals surface area contributed by atoms with Crippen molar-refractivity contribution >= 4 is 13.3 Å². The molecular weight excluding hydrogens is 327 g/mol. The second kappa shape index (κ2) is 5.26. The summed E-state index contributed by atoms with van der Waals surface area (Å²) in [5, 5.41) is 0. The fraction of sp³-hybridized carbons (Fsp3) is 0.120. The van der Waals surface area contributed by atoms with Gasteiger partial charge in [0, 0.05) is 11.1 Å². The van der Waals surface area contributed by atoms with Crippen LogP contribution >= 0.6 is 0 Å². The minimum atomic E-state index is -0.359. The Morgan fingerprint density at radius 2 is 1.41 bits per heavy atom. The molecule has 27 heavy (non-hydrogen) atoms. The highest BCUT2D eigenvalue weighted by atomic mass is 16.5. The summed E-state index contributed by atoms with van der Waals surface area (Å²) in [6.07, 6.45) is 6.65. The molecule has 1 spiro atoms. The zero-order valence-electron chi connectivity index (χ0n) is 14.9. The van der Waals surface area contributed by atoms with Gasteiger partial charge in [-0.2, -0.15) is 0 Å². The Morgan fingerprint density at radius 1 is 0.741 bits per heavy atom. The second-order valence-electron chi connectivity index (χ2n) is 7.46. The van der Waals surface area contributed by atoms with Crippen LogP contribution in [0.5, 0.6) is 5.75 Å². The summed E-state index contributed by atoms with van der Waals surface area (Å²) < 4.78 is 6.34. The third kappa shape index (κ3) is 1.80. The molecule has 0 fully saturated rings. The van der Waals surface area contributed by atoms with Gasteiger partial charge in [-0.15, -0.1) is 0 Å². The number of allylic oxidation sites excluding steroid dienone is 3. The van der Waals surface area contributed by atoms with Crippen molar-refractivity contribution in [3.05, 3.63) is 107 Å². The summed E-state index contributed by atoms with van der Waals surface area (Å²) >= 11 is 0. The minimum absolute atomic E-state index is 0.359. The van der Waals surface area contributed by atoms with E-state index in [-0.39, 0.29) is 5.41 Å². The quantitative estimate of drug-likeness (QED) is 0.533. The van der Waals surface area contributed by atoms with Crippen LogP contribution in [-0.4, -0.2) is 7.85 Å². The van der Waals surface area contributed by atoms with Crippen LogP contribution in [0, 0.1) is 0 Å². The highest BCUT2D eigenvalue weighted by Crippen LogP contribution is 2.61. The lowest BCUT2D eigenvalue weighted by molar-refractivity contribution is 0.383. The topological polar surface area (TPSA) is 9.23 Å². The van der Waals surface area contributed by atoms with Gasteiger partial charge in [0.05, 0.1) is 5.41 Å². The summed E-state index contributed by atoms with van der Waals surface area (Å²) in [5.74, 6) is 1.89. The second-order valence-corrected chi connectivity index (χ2v) is 7.46. The van der Waals surface area contributed by atoms with E-state index in [0.717, 1.165) is 35.4 Å². The zero-order chi connectivity index (χ0) is 18.0. The fourth-order valence-corrected chi connectivity index (χ4v) is 5.10. The summed E-state index contributed by atoms with van der Waals surface area (Å²) in [7, 11) is 6.25. The molecule has 3 aromatic rings. The van der Waals surface area contributed by atoms with Gasteiger partial charge in [0.25, 0.3) is 0 Å². The fourth-order valence-electron chi connectivity index (χ4n) is 5.10. The molecule has 0 amide bonds. The van der Waals surface area contributed by atoms with E-state index in [4.69, 9.17) is 12.6 Å². The molecule has 0 saturated heterocycles. The standard InChI is InChI=1S/C25H17BO/c26-16-13-14-24-22(15-16)25(21-11-5-6-12-23(21)27-24)19-9-3-1-7-17(19)18-8-2-4-10-20(18)25/h1-4,7-15H,5-6H2. The first-order valence-corrected chi connectivity index (χ1v) is 9.48. The summed E-state index contributed by atoms with van der Waals surface area (Å²) in [6, 6.07) is 23.6. The molecule has 2 aliphatic carbocycles. The molecule has 0 N–H and O–H groups in total. The van der Waals surface area contributed by atoms with Gasteiger partial charge >= 0.3 is 0 Å². The third-order valence-electron chi connectivity index (χ3n) is 6.09. The maximum Gasteiger partial charge on any atom is 0.132 e. The molecule has 3 aliphatic rings. The predicted molar refractivity (Wildman–Crippen MR) is 110 cm³/mol. The van der Waals surface area contributed by atoms with Gasteiger partial charge in [-0.3, -0.25) is 0 Å². The average molecular weight is 344 g/mol. The third-order valence-corrected chi connectivity index (χ3v) is 6.09. The van der Waals surface area contributed by atoms with Crippen LogP contribution in [0.3, 0.4) is 0 Å². The van der Waals surface area contributed by atoms with Crippen LogP contribution < -0.4 is 10.2 Å². The van der Waals surface area contributed by atoms with Crippen molar-refractivity contribution in [2.24, 2.45) is 0 Å². The number of hydrogen-bond acceptors (Lipinski definition) is 1. The van der Waals surface area contributed by atoms with Crippen molar-refractivity contribution in [1.82, 2.24) is 0 Å². The van der Waals surface area contributed by atoms with Crippen LogP contribution in [0.25, 0.3) is 11.1 Å². The first kappa shape index (κ1) is 15.1. The minimum Gasteiger partial charge on any atom is -0.457 e. The molecule has 1 aliphatic heterocycles. The van der Waals surface area contributed by atoms with Gasteiger partial charge in [-0.25, -0.2) is 0 Å². The van der Waals surface area contributed by atoms with Gasteiger partial charge in [0.15, 0.2) is 0 Å². The molecule has 1 heterocycles. The smallest absolute Gasteiger partial charge is 0.132 e. The lowest BCUT2D eigenvalue weighted by Gasteiger charge is -2.42. The van der Waals surface area contributed by atoms with E-state index < -0.39 is 0 Å². The largest absolute Gasteiger partial charge is 0.457 e. The number of ether oxygens (including phenoxy) is 1. The van der Waals surface area contributed by atoms with Gasteiger partial charge in [0.2, 0.25) is 0 Å². The van der Waals surface area contributed by atoms with E-state index in [1.165, 1.54) is 27.8 Å². The van der Waals surface area contributed by atoms with Crippen molar-refractivity contribution in [2.45, 2.75) is 18.3 Å². The Labute approximate surface area is 160 Å². The molecule has 0 bridgehead atoms. The molecule has 1 nitrogen and oxygen atoms in total. The molecule has 2 radical (unpaired) electrons. The Balaban J connectivity index is 1.84. The molecule has 126 valence electrons. The van der Waals surface area contributed by atoms with Crippen molar-refractivity contribution < 1.29 is 4.74 Å². The van der Waals surface area contributed by atoms with Gasteiger partial charge in [0.1, 0.15) is 19.4 Å². The predicted octanol–water partition coefficient (Wildman–Crippen LogP) is 4.79. The number of fused-ring (bicyclic) bond motifs is 9. The first-order chi connectivity index (χ1) is 13.3. The van der Waals surface area contributed by atoms with E-state index in [0.29, 0.717) is 0 Å². The van der Waals surface area contributed by atoms with E-state index in [9.17, 15) is 0 Å². The lowest BCUT2D eigenvalue weighted by Crippen LogP contribution is -2.37. The number of benzene rings is 3. The number of hydrogen-bond donors (Lipinski definition) is 0. The zero-order valence-corrected chi connectivity index (χ0v) is 14.9. The van der Waals surface area contributed by atoms with Crippen LogP contribution in [0.1, 0.15) is 29.5 Å². The molecular formula is C25H17BO. The Morgan fingerprint density at radius 3 is 2.15 bits per heavy atom. The van der Waals surface area contributed by atoms with E-state index >= 15 is 0 Å². The summed E-state index contributed by atoms with van der Waals surface area (Å²) in [5.41, 5.74) is 8.05. The molecule has 0 unspecified atom stereocenters. The van der Waals surface area contributed by atoms with Crippen molar-refractivity contribution in [1.29, 1.82) is 0 Å². The van der Waals surface area contributed by atoms with E-state index in [2.05, 4.69) is 66.7 Å². The summed E-state index contributed by atoms with van der Waals surface area (Å²) in [6.45, 7) is 0. The first-order valence-electron chi connectivity index (χ1n) is 9.48. The van der Waals surface area contributed by atoms with Crippen LogP contribution in [0.4, 0.5) is 0 Å². The molecule has 6 rings (SSSR count). The van der Waals surface area contributed by atoms with E-state index in [1.807, 2.05) is 12.1 Å². The van der Waals surface area contributed by atoms with Crippen molar-refractivity contribution in [2.75, 3.05) is 0 Å². The Bertz CT molecular complexity index is 1120. The van der Waals surface area contributed by atoms with Gasteiger partial charge < -0.3 is 4.74 Å². The van der Waals surface area contributed by atoms with Crippen LogP contribution in [0.2, 0.25) is 0 Å². The maximum atomic E-state index is 6.34. The average Bonchev–Trinajstić information content (AvgIpc) is 3.01. The van der Waals surface area contributed by atoms with Crippen LogP contribution in [-0.2, 0) is 5.41 Å². The highest BCUT2D eigenvalue weighted by Gasteiger charge is 2.52. The highest BCUT2D eigenvalue weighted by molar-refractivity contribution is 6.32. The molecule has 3 aromatic carbocycles. The van der Waals surface area contributed by atoms with Gasteiger partial charge in [-0.1, -0.05) is 72.2 Å². The number of rotatable bonds is 0. The Hall–Kier alpha value is -3.00.